The standard InChI is InChI=1S/C12H11NO2S/c1-15-6-2-3-9-4-5-11-10(7-9)8-13(16)12(11)14/h4-5,7,16H,6,8H2,1H3. The van der Waals surface area contributed by atoms with Crippen LogP contribution in [0.3, 0.4) is 0 Å². The number of hydrogen-bond acceptors (Lipinski definition) is 3. The highest BCUT2D eigenvalue weighted by molar-refractivity contribution is 7.78. The largest absolute Gasteiger partial charge is 0.372 e. The van der Waals surface area contributed by atoms with Gasteiger partial charge in [-0.15, -0.1) is 0 Å². The summed E-state index contributed by atoms with van der Waals surface area (Å²) in [5.41, 5.74) is 2.59. The van der Waals surface area contributed by atoms with E-state index in [1.54, 1.807) is 13.2 Å². The summed E-state index contributed by atoms with van der Waals surface area (Å²) in [6.07, 6.45) is 0. The van der Waals surface area contributed by atoms with Crippen LogP contribution in [-0.2, 0) is 11.3 Å². The summed E-state index contributed by atoms with van der Waals surface area (Å²) in [4.78, 5) is 11.6. The summed E-state index contributed by atoms with van der Waals surface area (Å²) >= 11 is 4.08. The Balaban J connectivity index is 2.26. The fraction of sp³-hybridized carbons (Fsp3) is 0.250. The number of nitrogens with zero attached hydrogens (tertiary/aromatic N) is 1. The molecule has 0 N–H and O–H groups in total. The molecule has 0 saturated heterocycles. The molecule has 0 saturated carbocycles. The zero-order valence-electron chi connectivity index (χ0n) is 8.86. The Morgan fingerprint density at radius 2 is 2.38 bits per heavy atom. The van der Waals surface area contributed by atoms with Gasteiger partial charge in [0.05, 0.1) is 6.54 Å². The monoisotopic (exact) mass is 233 g/mol. The van der Waals surface area contributed by atoms with E-state index in [1.807, 2.05) is 12.1 Å². The number of fused-ring (bicyclic) bond motifs is 1. The molecule has 16 heavy (non-hydrogen) atoms. The Morgan fingerprint density at radius 3 is 3.12 bits per heavy atom. The van der Waals surface area contributed by atoms with Crippen molar-refractivity contribution >= 4 is 18.7 Å². The summed E-state index contributed by atoms with van der Waals surface area (Å²) in [5.74, 6) is 5.80. The van der Waals surface area contributed by atoms with E-state index in [9.17, 15) is 4.79 Å². The van der Waals surface area contributed by atoms with Crippen LogP contribution in [0.1, 0.15) is 21.5 Å². The summed E-state index contributed by atoms with van der Waals surface area (Å²) in [7, 11) is 1.61. The van der Waals surface area contributed by atoms with Crippen molar-refractivity contribution in [3.8, 4) is 11.8 Å². The summed E-state index contributed by atoms with van der Waals surface area (Å²) in [6.45, 7) is 0.950. The predicted octanol–water partition coefficient (Wildman–Crippen LogP) is 1.49. The number of methoxy groups -OCH3 is 1. The number of thiol groups is 1. The maximum absolute atomic E-state index is 11.6. The second-order valence-electron chi connectivity index (χ2n) is 3.47. The van der Waals surface area contributed by atoms with Gasteiger partial charge in [0.1, 0.15) is 6.61 Å². The van der Waals surface area contributed by atoms with Gasteiger partial charge < -0.3 is 4.74 Å². The lowest BCUT2D eigenvalue weighted by atomic mass is 10.1. The van der Waals surface area contributed by atoms with Gasteiger partial charge in [0.15, 0.2) is 0 Å². The maximum Gasteiger partial charge on any atom is 0.264 e. The number of ether oxygens (including phenoxy) is 1. The molecule has 1 aliphatic heterocycles. The number of amides is 1. The van der Waals surface area contributed by atoms with Crippen LogP contribution in [-0.4, -0.2) is 23.9 Å². The van der Waals surface area contributed by atoms with Gasteiger partial charge in [-0.25, -0.2) is 0 Å². The predicted molar refractivity (Wildman–Crippen MR) is 64.1 cm³/mol. The Hall–Kier alpha value is -1.44. The van der Waals surface area contributed by atoms with Crippen LogP contribution in [0.5, 0.6) is 0 Å². The van der Waals surface area contributed by atoms with Crippen LogP contribution in [0.15, 0.2) is 18.2 Å². The van der Waals surface area contributed by atoms with Crippen molar-refractivity contribution < 1.29 is 9.53 Å². The van der Waals surface area contributed by atoms with Crippen molar-refractivity contribution in [2.24, 2.45) is 0 Å². The molecule has 3 nitrogen and oxygen atoms in total. The highest BCUT2D eigenvalue weighted by Gasteiger charge is 2.24. The molecule has 1 aliphatic rings. The fourth-order valence-electron chi connectivity index (χ4n) is 1.59. The quantitative estimate of drug-likeness (QED) is 0.588. The lowest BCUT2D eigenvalue weighted by molar-refractivity contribution is 0.0891. The van der Waals surface area contributed by atoms with E-state index < -0.39 is 0 Å². The zero-order chi connectivity index (χ0) is 11.5. The van der Waals surface area contributed by atoms with Gasteiger partial charge in [0, 0.05) is 18.2 Å². The smallest absolute Gasteiger partial charge is 0.264 e. The lowest BCUT2D eigenvalue weighted by Crippen LogP contribution is -2.10. The van der Waals surface area contributed by atoms with E-state index in [-0.39, 0.29) is 5.91 Å². The Bertz CT molecular complexity index is 488. The molecular formula is C12H11NO2S. The van der Waals surface area contributed by atoms with Crippen molar-refractivity contribution in [2.75, 3.05) is 13.7 Å². The third-order valence-electron chi connectivity index (χ3n) is 2.34. The minimum Gasteiger partial charge on any atom is -0.372 e. The molecule has 1 amide bonds. The van der Waals surface area contributed by atoms with Gasteiger partial charge in [0.2, 0.25) is 0 Å². The number of benzene rings is 1. The molecule has 0 aromatic heterocycles. The average molecular weight is 233 g/mol. The van der Waals surface area contributed by atoms with Crippen molar-refractivity contribution in [1.29, 1.82) is 0 Å². The van der Waals surface area contributed by atoms with E-state index in [1.165, 1.54) is 4.31 Å². The molecule has 0 fully saturated rings. The number of carbonyl (C=O) groups excluding carboxylic acids is 1. The maximum atomic E-state index is 11.6. The number of hydrogen-bond donors (Lipinski definition) is 1. The van der Waals surface area contributed by atoms with E-state index in [0.717, 1.165) is 11.1 Å². The van der Waals surface area contributed by atoms with Crippen LogP contribution in [0, 0.1) is 11.8 Å². The Morgan fingerprint density at radius 1 is 1.56 bits per heavy atom. The van der Waals surface area contributed by atoms with Crippen molar-refractivity contribution in [1.82, 2.24) is 4.31 Å². The summed E-state index contributed by atoms with van der Waals surface area (Å²) < 4.78 is 6.24. The third kappa shape index (κ3) is 2.06. The molecule has 1 aromatic rings. The molecule has 2 rings (SSSR count). The molecule has 0 unspecified atom stereocenters. The van der Waals surface area contributed by atoms with E-state index in [2.05, 4.69) is 24.7 Å². The molecule has 0 atom stereocenters. The molecule has 82 valence electrons. The second-order valence-corrected chi connectivity index (χ2v) is 3.95. The van der Waals surface area contributed by atoms with E-state index in [4.69, 9.17) is 4.74 Å². The molecule has 0 radical (unpaired) electrons. The minimum atomic E-state index is -0.0465. The molecule has 4 heteroatoms. The first-order chi connectivity index (χ1) is 7.72. The van der Waals surface area contributed by atoms with Crippen LogP contribution < -0.4 is 0 Å². The Labute approximate surface area is 99.9 Å². The topological polar surface area (TPSA) is 29.5 Å². The van der Waals surface area contributed by atoms with Crippen LogP contribution in [0.4, 0.5) is 0 Å². The van der Waals surface area contributed by atoms with Gasteiger partial charge in [0.25, 0.3) is 5.91 Å². The molecule has 0 aliphatic carbocycles. The fourth-order valence-corrected chi connectivity index (χ4v) is 1.85. The Kier molecular flexibility index (Phi) is 3.18. The second kappa shape index (κ2) is 4.60. The highest BCUT2D eigenvalue weighted by atomic mass is 32.1. The molecule has 0 bridgehead atoms. The summed E-state index contributed by atoms with van der Waals surface area (Å²) in [6, 6.07) is 5.56. The van der Waals surface area contributed by atoms with Gasteiger partial charge in [-0.2, -0.15) is 0 Å². The summed E-state index contributed by atoms with van der Waals surface area (Å²) in [5, 5.41) is 0. The molecule has 1 heterocycles. The van der Waals surface area contributed by atoms with Gasteiger partial charge in [-0.05, 0) is 23.8 Å². The van der Waals surface area contributed by atoms with Crippen LogP contribution >= 0.6 is 12.8 Å². The molecule has 0 spiro atoms. The van der Waals surface area contributed by atoms with Crippen molar-refractivity contribution in [3.05, 3.63) is 34.9 Å². The number of rotatable bonds is 1. The van der Waals surface area contributed by atoms with Gasteiger partial charge in [-0.3, -0.25) is 9.10 Å². The average Bonchev–Trinajstić information content (AvgIpc) is 2.55. The van der Waals surface area contributed by atoms with E-state index >= 15 is 0 Å². The van der Waals surface area contributed by atoms with Crippen molar-refractivity contribution in [2.45, 2.75) is 6.54 Å². The minimum absolute atomic E-state index is 0.0465. The number of carbonyl (C=O) groups is 1. The lowest BCUT2D eigenvalue weighted by Gasteiger charge is -2.02. The first kappa shape index (κ1) is 11.1. The third-order valence-corrected chi connectivity index (χ3v) is 2.66. The van der Waals surface area contributed by atoms with E-state index in [0.29, 0.717) is 18.7 Å². The normalized spacial score (nSPS) is 13.4. The molecular weight excluding hydrogens is 222 g/mol. The van der Waals surface area contributed by atoms with Crippen LogP contribution in [0.2, 0.25) is 0 Å². The SMILES string of the molecule is COCC#Cc1ccc2c(c1)CN(S)C2=O. The van der Waals surface area contributed by atoms with Gasteiger partial charge in [-0.1, -0.05) is 24.7 Å². The first-order valence-electron chi connectivity index (χ1n) is 4.84. The first-order valence-corrected chi connectivity index (χ1v) is 5.24. The molecule has 1 aromatic carbocycles. The zero-order valence-corrected chi connectivity index (χ0v) is 9.75. The highest BCUT2D eigenvalue weighted by Crippen LogP contribution is 2.24. The van der Waals surface area contributed by atoms with Crippen LogP contribution in [0.25, 0.3) is 0 Å². The van der Waals surface area contributed by atoms with Crippen molar-refractivity contribution in [3.63, 3.8) is 0 Å². The van der Waals surface area contributed by atoms with Gasteiger partial charge >= 0.3 is 0 Å².